The highest BCUT2D eigenvalue weighted by atomic mass is 16.5. The lowest BCUT2D eigenvalue weighted by molar-refractivity contribution is -0.141. The second-order valence-corrected chi connectivity index (χ2v) is 9.21. The maximum atomic E-state index is 13.6. The molecule has 0 spiro atoms. The van der Waals surface area contributed by atoms with Crippen molar-refractivity contribution >= 4 is 23.5 Å². The maximum absolute atomic E-state index is 13.6. The van der Waals surface area contributed by atoms with Gasteiger partial charge in [-0.25, -0.2) is 0 Å². The molecule has 1 fully saturated rings. The Morgan fingerprint density at radius 1 is 1.14 bits per heavy atom. The van der Waals surface area contributed by atoms with Gasteiger partial charge in [0.1, 0.15) is 17.6 Å². The Balaban J connectivity index is 1.77. The Kier molecular flexibility index (Phi) is 10.3. The lowest BCUT2D eigenvalue weighted by Gasteiger charge is -2.32. The van der Waals surface area contributed by atoms with Gasteiger partial charge in [-0.2, -0.15) is 0 Å². The van der Waals surface area contributed by atoms with Gasteiger partial charge in [0.05, 0.1) is 6.61 Å². The van der Waals surface area contributed by atoms with Crippen LogP contribution < -0.4 is 15.4 Å². The summed E-state index contributed by atoms with van der Waals surface area (Å²) < 4.78 is 10.5. The summed E-state index contributed by atoms with van der Waals surface area (Å²) in [5.41, 5.74) is 0.723. The number of hydrogen-bond donors (Lipinski definition) is 2. The van der Waals surface area contributed by atoms with E-state index < -0.39 is 6.04 Å². The first kappa shape index (κ1) is 27.2. The number of benzene rings is 1. The van der Waals surface area contributed by atoms with Crippen LogP contribution in [0.4, 0.5) is 5.82 Å². The van der Waals surface area contributed by atoms with E-state index in [1.807, 2.05) is 38.1 Å². The van der Waals surface area contributed by atoms with Crippen LogP contribution in [0, 0.1) is 6.92 Å². The molecule has 3 amide bonds. The predicted molar refractivity (Wildman–Crippen MR) is 136 cm³/mol. The zero-order chi connectivity index (χ0) is 25.9. The third-order valence-electron chi connectivity index (χ3n) is 6.30. The topological polar surface area (TPSA) is 114 Å². The number of ether oxygens (including phenoxy) is 1. The SMILES string of the molecule is CCCCN(C(=O)CCC(=O)Nc1cc(C)on1)[C@@H](C(=O)NC1CCCC1)c1ccc(OCC)cc1. The first-order chi connectivity index (χ1) is 17.4. The zero-order valence-corrected chi connectivity index (χ0v) is 21.5. The minimum atomic E-state index is -0.776. The smallest absolute Gasteiger partial charge is 0.247 e. The molecule has 0 aliphatic heterocycles. The lowest BCUT2D eigenvalue weighted by atomic mass is 10.0. The van der Waals surface area contributed by atoms with Crippen LogP contribution >= 0.6 is 0 Å². The summed E-state index contributed by atoms with van der Waals surface area (Å²) in [4.78, 5) is 41.0. The third-order valence-corrected chi connectivity index (χ3v) is 6.30. The summed E-state index contributed by atoms with van der Waals surface area (Å²) in [6, 6.07) is 8.30. The van der Waals surface area contributed by atoms with E-state index in [0.29, 0.717) is 30.5 Å². The molecule has 36 heavy (non-hydrogen) atoms. The molecule has 1 aliphatic carbocycles. The predicted octanol–water partition coefficient (Wildman–Crippen LogP) is 4.53. The van der Waals surface area contributed by atoms with Gasteiger partial charge in [-0.3, -0.25) is 14.4 Å². The summed E-state index contributed by atoms with van der Waals surface area (Å²) in [6.45, 7) is 6.66. The highest BCUT2D eigenvalue weighted by Crippen LogP contribution is 2.27. The van der Waals surface area contributed by atoms with E-state index >= 15 is 0 Å². The standard InChI is InChI=1S/C27H38N4O5/c1-4-6-17-31(25(33)16-15-24(32)29-23-18-19(3)36-30-23)26(27(34)28-21-9-7-8-10-21)20-11-13-22(14-12-20)35-5-2/h11-14,18,21,26H,4-10,15-17H2,1-3H3,(H,28,34)(H,29,30,32)/t26-/m1/s1. The van der Waals surface area contributed by atoms with Gasteiger partial charge in [0.25, 0.3) is 0 Å². The Bertz CT molecular complexity index is 998. The Hall–Kier alpha value is -3.36. The largest absolute Gasteiger partial charge is 0.494 e. The Morgan fingerprint density at radius 2 is 1.86 bits per heavy atom. The lowest BCUT2D eigenvalue weighted by Crippen LogP contribution is -2.46. The van der Waals surface area contributed by atoms with Gasteiger partial charge in [0.15, 0.2) is 5.82 Å². The molecule has 1 heterocycles. The molecule has 1 aliphatic rings. The first-order valence-corrected chi connectivity index (χ1v) is 13.0. The van der Waals surface area contributed by atoms with E-state index in [4.69, 9.17) is 9.26 Å². The molecular formula is C27H38N4O5. The van der Waals surface area contributed by atoms with Crippen molar-refractivity contribution in [3.8, 4) is 5.75 Å². The van der Waals surface area contributed by atoms with E-state index in [2.05, 4.69) is 15.8 Å². The van der Waals surface area contributed by atoms with Gasteiger partial charge in [-0.05, 0) is 50.8 Å². The van der Waals surface area contributed by atoms with Crippen molar-refractivity contribution in [3.05, 3.63) is 41.7 Å². The molecule has 2 aromatic rings. The van der Waals surface area contributed by atoms with Crippen molar-refractivity contribution < 1.29 is 23.6 Å². The average molecular weight is 499 g/mol. The highest BCUT2D eigenvalue weighted by molar-refractivity contribution is 5.94. The molecule has 2 N–H and O–H groups in total. The van der Waals surface area contributed by atoms with Crippen LogP contribution in [-0.4, -0.2) is 47.0 Å². The number of rotatable bonds is 13. The second kappa shape index (κ2) is 13.7. The number of hydrogen-bond acceptors (Lipinski definition) is 6. The fourth-order valence-corrected chi connectivity index (χ4v) is 4.46. The van der Waals surface area contributed by atoms with Crippen LogP contribution in [0.3, 0.4) is 0 Å². The highest BCUT2D eigenvalue weighted by Gasteiger charge is 2.33. The number of amides is 3. The van der Waals surface area contributed by atoms with E-state index in [1.165, 1.54) is 0 Å². The number of nitrogens with zero attached hydrogens (tertiary/aromatic N) is 2. The summed E-state index contributed by atoms with van der Waals surface area (Å²) in [7, 11) is 0. The molecule has 0 unspecified atom stereocenters. The second-order valence-electron chi connectivity index (χ2n) is 9.21. The molecule has 196 valence electrons. The number of carbonyl (C=O) groups is 3. The molecule has 3 rings (SSSR count). The average Bonchev–Trinajstić information content (AvgIpc) is 3.52. The van der Waals surface area contributed by atoms with Crippen molar-refractivity contribution in [2.75, 3.05) is 18.5 Å². The molecule has 0 saturated heterocycles. The summed E-state index contributed by atoms with van der Waals surface area (Å²) in [5.74, 6) is 0.852. The molecule has 1 aromatic carbocycles. The van der Waals surface area contributed by atoms with E-state index in [9.17, 15) is 14.4 Å². The van der Waals surface area contributed by atoms with Gasteiger partial charge < -0.3 is 24.8 Å². The van der Waals surface area contributed by atoms with Crippen LogP contribution in [0.5, 0.6) is 5.75 Å². The quantitative estimate of drug-likeness (QED) is 0.419. The van der Waals surface area contributed by atoms with E-state index in [1.54, 1.807) is 17.9 Å². The first-order valence-electron chi connectivity index (χ1n) is 13.0. The van der Waals surface area contributed by atoms with Crippen molar-refractivity contribution in [1.29, 1.82) is 0 Å². The van der Waals surface area contributed by atoms with Crippen LogP contribution in [0.15, 0.2) is 34.9 Å². The molecule has 1 saturated carbocycles. The summed E-state index contributed by atoms with van der Waals surface area (Å²) >= 11 is 0. The number of anilines is 1. The van der Waals surface area contributed by atoms with Crippen molar-refractivity contribution in [2.45, 2.75) is 84.2 Å². The fraction of sp³-hybridized carbons (Fsp3) is 0.556. The van der Waals surface area contributed by atoms with Gasteiger partial charge in [-0.15, -0.1) is 0 Å². The maximum Gasteiger partial charge on any atom is 0.247 e. The molecule has 1 atom stereocenters. The summed E-state index contributed by atoms with van der Waals surface area (Å²) in [5, 5.41) is 9.56. The minimum absolute atomic E-state index is 0.0172. The number of nitrogens with one attached hydrogen (secondary N) is 2. The molecular weight excluding hydrogens is 460 g/mol. The van der Waals surface area contributed by atoms with E-state index in [0.717, 1.165) is 44.1 Å². The summed E-state index contributed by atoms with van der Waals surface area (Å²) in [6.07, 6.45) is 5.67. The Morgan fingerprint density at radius 3 is 2.47 bits per heavy atom. The van der Waals surface area contributed by atoms with Gasteiger partial charge in [-0.1, -0.05) is 43.5 Å². The monoisotopic (exact) mass is 498 g/mol. The normalized spacial score (nSPS) is 14.3. The fourth-order valence-electron chi connectivity index (χ4n) is 4.46. The van der Waals surface area contributed by atoms with Crippen LogP contribution in [0.2, 0.25) is 0 Å². The van der Waals surface area contributed by atoms with Crippen LogP contribution in [-0.2, 0) is 14.4 Å². The number of carbonyl (C=O) groups excluding carboxylic acids is 3. The zero-order valence-electron chi connectivity index (χ0n) is 21.5. The van der Waals surface area contributed by atoms with Gasteiger partial charge in [0.2, 0.25) is 17.7 Å². The van der Waals surface area contributed by atoms with E-state index in [-0.39, 0.29) is 36.6 Å². The van der Waals surface area contributed by atoms with Crippen LogP contribution in [0.25, 0.3) is 0 Å². The molecule has 9 heteroatoms. The van der Waals surface area contributed by atoms with Crippen molar-refractivity contribution in [1.82, 2.24) is 15.4 Å². The van der Waals surface area contributed by atoms with Crippen molar-refractivity contribution in [3.63, 3.8) is 0 Å². The molecule has 1 aromatic heterocycles. The van der Waals surface area contributed by atoms with Gasteiger partial charge in [0, 0.05) is 31.5 Å². The molecule has 0 bridgehead atoms. The Labute approximate surface area is 212 Å². The number of aromatic nitrogens is 1. The van der Waals surface area contributed by atoms with Gasteiger partial charge >= 0.3 is 0 Å². The molecule has 9 nitrogen and oxygen atoms in total. The van der Waals surface area contributed by atoms with Crippen molar-refractivity contribution in [2.24, 2.45) is 0 Å². The number of unbranched alkanes of at least 4 members (excludes halogenated alkanes) is 1. The molecule has 0 radical (unpaired) electrons. The number of aryl methyl sites for hydroxylation is 1. The van der Waals surface area contributed by atoms with Crippen LogP contribution in [0.1, 0.15) is 82.6 Å². The minimum Gasteiger partial charge on any atom is -0.494 e. The third kappa shape index (κ3) is 7.83.